The minimum atomic E-state index is -3.92. The summed E-state index contributed by atoms with van der Waals surface area (Å²) in [5, 5.41) is -0.329. The first-order chi connectivity index (χ1) is 5.95. The molecule has 0 saturated carbocycles. The quantitative estimate of drug-likeness (QED) is 0.584. The van der Waals surface area contributed by atoms with Crippen LogP contribution in [0.1, 0.15) is 0 Å². The summed E-state index contributed by atoms with van der Waals surface area (Å²) in [4.78, 5) is 3.54. The van der Waals surface area contributed by atoms with Crippen molar-refractivity contribution in [3.63, 3.8) is 0 Å². The normalized spacial score (nSPS) is 11.3. The Morgan fingerprint density at radius 3 is 2.54 bits per heavy atom. The zero-order valence-corrected chi connectivity index (χ0v) is 8.82. The van der Waals surface area contributed by atoms with Gasteiger partial charge in [0.05, 0.1) is 7.11 Å². The molecular formula is C6H5Cl2NO3S. The van der Waals surface area contributed by atoms with Crippen molar-refractivity contribution < 1.29 is 13.2 Å². The van der Waals surface area contributed by atoms with Crippen molar-refractivity contribution >= 4 is 31.3 Å². The fraction of sp³-hybridized carbons (Fsp3) is 0.167. The highest BCUT2D eigenvalue weighted by Crippen LogP contribution is 2.25. The van der Waals surface area contributed by atoms with Gasteiger partial charge in [0.25, 0.3) is 9.05 Å². The van der Waals surface area contributed by atoms with Gasteiger partial charge < -0.3 is 4.74 Å². The van der Waals surface area contributed by atoms with E-state index >= 15 is 0 Å². The molecule has 0 N–H and O–H groups in total. The van der Waals surface area contributed by atoms with Crippen LogP contribution < -0.4 is 4.74 Å². The maximum Gasteiger partial charge on any atom is 0.282 e. The van der Waals surface area contributed by atoms with E-state index in [2.05, 4.69) is 4.98 Å². The van der Waals surface area contributed by atoms with Crippen LogP contribution in [0, 0.1) is 0 Å². The number of nitrogens with zero attached hydrogens (tertiary/aromatic N) is 1. The Bertz CT molecular complexity index is 418. The van der Waals surface area contributed by atoms with E-state index in [-0.39, 0.29) is 15.9 Å². The summed E-state index contributed by atoms with van der Waals surface area (Å²) in [6.45, 7) is 0. The van der Waals surface area contributed by atoms with E-state index in [1.165, 1.54) is 19.2 Å². The molecule has 0 radical (unpaired) electrons. The number of ether oxygens (including phenoxy) is 1. The standard InChI is InChI=1S/C6H5Cl2NO3S/c1-12-4-2-3-5(7)9-6(4)13(8,10)11/h2-3H,1H3. The summed E-state index contributed by atoms with van der Waals surface area (Å²) in [6, 6.07) is 2.79. The Kier molecular flexibility index (Phi) is 3.00. The van der Waals surface area contributed by atoms with E-state index in [0.29, 0.717) is 0 Å². The van der Waals surface area contributed by atoms with E-state index in [9.17, 15) is 8.42 Å². The zero-order chi connectivity index (χ0) is 10.1. The topological polar surface area (TPSA) is 56.3 Å². The van der Waals surface area contributed by atoms with E-state index in [0.717, 1.165) is 0 Å². The molecule has 0 aliphatic carbocycles. The van der Waals surface area contributed by atoms with Gasteiger partial charge in [0.1, 0.15) is 5.15 Å². The Labute approximate surface area is 84.9 Å². The van der Waals surface area contributed by atoms with Gasteiger partial charge in [0.2, 0.25) is 5.03 Å². The lowest BCUT2D eigenvalue weighted by atomic mass is 10.5. The molecule has 1 aromatic heterocycles. The third-order valence-corrected chi connectivity index (χ3v) is 2.65. The average molecular weight is 242 g/mol. The number of halogens is 2. The number of methoxy groups -OCH3 is 1. The first kappa shape index (κ1) is 10.6. The van der Waals surface area contributed by atoms with E-state index in [1.807, 2.05) is 0 Å². The molecule has 7 heteroatoms. The lowest BCUT2D eigenvalue weighted by Crippen LogP contribution is -1.99. The number of pyridine rings is 1. The van der Waals surface area contributed by atoms with Crippen LogP contribution in [0.25, 0.3) is 0 Å². The summed E-state index contributed by atoms with van der Waals surface area (Å²) < 4.78 is 26.6. The Balaban J connectivity index is 3.41. The van der Waals surface area contributed by atoms with Crippen molar-refractivity contribution in [2.45, 2.75) is 5.03 Å². The summed E-state index contributed by atoms with van der Waals surface area (Å²) >= 11 is 5.49. The molecule has 0 fully saturated rings. The predicted octanol–water partition coefficient (Wildman–Crippen LogP) is 1.67. The van der Waals surface area contributed by atoms with Crippen LogP contribution in [0.4, 0.5) is 0 Å². The van der Waals surface area contributed by atoms with Gasteiger partial charge in [-0.3, -0.25) is 0 Å². The summed E-state index contributed by atoms with van der Waals surface area (Å²) in [5.41, 5.74) is 0. The molecule has 4 nitrogen and oxygen atoms in total. The maximum atomic E-state index is 10.9. The predicted molar refractivity (Wildman–Crippen MR) is 48.8 cm³/mol. The molecule has 1 aromatic rings. The Morgan fingerprint density at radius 2 is 2.08 bits per heavy atom. The van der Waals surface area contributed by atoms with Gasteiger partial charge in [0.15, 0.2) is 5.75 Å². The van der Waals surface area contributed by atoms with Gasteiger partial charge in [-0.2, -0.15) is 0 Å². The molecule has 0 aromatic carbocycles. The summed E-state index contributed by atoms with van der Waals surface area (Å²) in [5.74, 6) is 0.0689. The van der Waals surface area contributed by atoms with Crippen molar-refractivity contribution in [3.05, 3.63) is 17.3 Å². The smallest absolute Gasteiger partial charge is 0.282 e. The van der Waals surface area contributed by atoms with Gasteiger partial charge in [-0.25, -0.2) is 13.4 Å². The minimum absolute atomic E-state index is 0.0417. The molecule has 0 amide bonds. The molecule has 1 rings (SSSR count). The van der Waals surface area contributed by atoms with Gasteiger partial charge in [-0.15, -0.1) is 0 Å². The van der Waals surface area contributed by atoms with Crippen molar-refractivity contribution in [1.29, 1.82) is 0 Å². The van der Waals surface area contributed by atoms with Crippen molar-refractivity contribution in [2.24, 2.45) is 0 Å². The monoisotopic (exact) mass is 241 g/mol. The third kappa shape index (κ3) is 2.46. The SMILES string of the molecule is COc1ccc(Cl)nc1S(=O)(=O)Cl. The van der Waals surface area contributed by atoms with Crippen LogP contribution >= 0.6 is 22.3 Å². The zero-order valence-electron chi connectivity index (χ0n) is 6.49. The second-order valence-electron chi connectivity index (χ2n) is 2.08. The first-order valence-electron chi connectivity index (χ1n) is 3.10. The highest BCUT2D eigenvalue weighted by molar-refractivity contribution is 8.13. The number of aromatic nitrogens is 1. The second kappa shape index (κ2) is 3.69. The number of hydrogen-bond acceptors (Lipinski definition) is 4. The van der Waals surface area contributed by atoms with E-state index in [1.54, 1.807) is 0 Å². The maximum absolute atomic E-state index is 10.9. The van der Waals surface area contributed by atoms with Gasteiger partial charge in [0, 0.05) is 10.7 Å². The minimum Gasteiger partial charge on any atom is -0.494 e. The molecule has 0 spiro atoms. The van der Waals surface area contributed by atoms with Crippen LogP contribution in [0.15, 0.2) is 17.2 Å². The van der Waals surface area contributed by atoms with Crippen LogP contribution in [0.3, 0.4) is 0 Å². The molecule has 0 aliphatic rings. The lowest BCUT2D eigenvalue weighted by Gasteiger charge is -2.03. The molecule has 0 aliphatic heterocycles. The molecule has 1 heterocycles. The van der Waals surface area contributed by atoms with Crippen molar-refractivity contribution in [1.82, 2.24) is 4.98 Å². The molecule has 72 valence electrons. The third-order valence-electron chi connectivity index (χ3n) is 1.24. The molecule has 13 heavy (non-hydrogen) atoms. The lowest BCUT2D eigenvalue weighted by molar-refractivity contribution is 0.399. The fourth-order valence-corrected chi connectivity index (χ4v) is 1.86. The molecule has 0 unspecified atom stereocenters. The number of hydrogen-bond donors (Lipinski definition) is 0. The van der Waals surface area contributed by atoms with Crippen LogP contribution in [-0.4, -0.2) is 20.5 Å². The average Bonchev–Trinajstić information content (AvgIpc) is 2.03. The van der Waals surface area contributed by atoms with Crippen LogP contribution in [0.5, 0.6) is 5.75 Å². The largest absolute Gasteiger partial charge is 0.494 e. The van der Waals surface area contributed by atoms with Gasteiger partial charge in [-0.05, 0) is 12.1 Å². The molecule has 0 saturated heterocycles. The first-order valence-corrected chi connectivity index (χ1v) is 5.79. The van der Waals surface area contributed by atoms with Crippen molar-refractivity contribution in [2.75, 3.05) is 7.11 Å². The summed E-state index contributed by atoms with van der Waals surface area (Å²) in [7, 11) is 2.49. The van der Waals surface area contributed by atoms with Crippen LogP contribution in [-0.2, 0) is 9.05 Å². The molecule has 0 bridgehead atoms. The highest BCUT2D eigenvalue weighted by atomic mass is 35.7. The Morgan fingerprint density at radius 1 is 1.46 bits per heavy atom. The summed E-state index contributed by atoms with van der Waals surface area (Å²) in [6.07, 6.45) is 0. The molecule has 0 atom stereocenters. The van der Waals surface area contributed by atoms with Crippen molar-refractivity contribution in [3.8, 4) is 5.75 Å². The van der Waals surface area contributed by atoms with E-state index < -0.39 is 9.05 Å². The Hall–Kier alpha value is -0.520. The van der Waals surface area contributed by atoms with Gasteiger partial charge in [-0.1, -0.05) is 11.6 Å². The van der Waals surface area contributed by atoms with E-state index in [4.69, 9.17) is 27.0 Å². The fourth-order valence-electron chi connectivity index (χ4n) is 0.735. The van der Waals surface area contributed by atoms with Gasteiger partial charge >= 0.3 is 0 Å². The highest BCUT2D eigenvalue weighted by Gasteiger charge is 2.18. The number of rotatable bonds is 2. The van der Waals surface area contributed by atoms with Crippen LogP contribution in [0.2, 0.25) is 5.15 Å². The second-order valence-corrected chi connectivity index (χ2v) is 4.95. The molecular weight excluding hydrogens is 237 g/mol.